The zero-order valence-corrected chi connectivity index (χ0v) is 17.1. The summed E-state index contributed by atoms with van der Waals surface area (Å²) in [5.74, 6) is 0.724. The molecule has 144 valence electrons. The van der Waals surface area contributed by atoms with Crippen LogP contribution >= 0.6 is 24.0 Å². The number of rotatable bonds is 8. The monoisotopic (exact) mass is 474 g/mol. The maximum absolute atomic E-state index is 12.6. The number of hydrogen-bond donors (Lipinski definition) is 2. The molecular formula is C15H26F3IN6. The number of halogens is 4. The van der Waals surface area contributed by atoms with Crippen LogP contribution in [0.5, 0.6) is 0 Å². The summed E-state index contributed by atoms with van der Waals surface area (Å²) in [7, 11) is 1.96. The Balaban J connectivity index is 0.00000576. The van der Waals surface area contributed by atoms with E-state index >= 15 is 0 Å². The van der Waals surface area contributed by atoms with Gasteiger partial charge in [-0.25, -0.2) is 9.97 Å². The van der Waals surface area contributed by atoms with Crippen LogP contribution in [0.1, 0.15) is 32.4 Å². The molecule has 1 aromatic heterocycles. The van der Waals surface area contributed by atoms with Crippen molar-refractivity contribution in [2.24, 2.45) is 4.99 Å². The summed E-state index contributed by atoms with van der Waals surface area (Å²) in [5, 5.41) is 5.95. The quantitative estimate of drug-likeness (QED) is 0.262. The van der Waals surface area contributed by atoms with Crippen LogP contribution in [-0.2, 0) is 6.18 Å². The highest BCUT2D eigenvalue weighted by Crippen LogP contribution is 2.27. The molecule has 0 aromatic carbocycles. The van der Waals surface area contributed by atoms with E-state index in [2.05, 4.69) is 32.5 Å². The molecule has 1 aromatic rings. The highest BCUT2D eigenvalue weighted by Gasteiger charge is 2.32. The van der Waals surface area contributed by atoms with Crippen molar-refractivity contribution in [3.63, 3.8) is 0 Å². The molecule has 1 heterocycles. The molecule has 0 saturated heterocycles. The third kappa shape index (κ3) is 9.07. The zero-order chi connectivity index (χ0) is 18.0. The predicted octanol–water partition coefficient (Wildman–Crippen LogP) is 3.22. The number of nitrogens with zero attached hydrogens (tertiary/aromatic N) is 4. The standard InChI is InChI=1S/C15H25F3N6.HI/c1-4-6-11-24(3)14(19-5-2)22-10-9-21-13-20-8-7-12(23-13)15(16,17)18;/h7-8H,4-6,9-11H2,1-3H3,(H,19,22)(H,20,21,23);1H. The maximum atomic E-state index is 12.6. The molecule has 0 saturated carbocycles. The van der Waals surface area contributed by atoms with Crippen molar-refractivity contribution in [2.45, 2.75) is 32.9 Å². The van der Waals surface area contributed by atoms with E-state index in [0.29, 0.717) is 13.1 Å². The fourth-order valence-electron chi connectivity index (χ4n) is 1.90. The van der Waals surface area contributed by atoms with Crippen molar-refractivity contribution in [1.82, 2.24) is 20.2 Å². The second kappa shape index (κ2) is 12.1. The first-order chi connectivity index (χ1) is 11.4. The molecule has 0 aliphatic carbocycles. The predicted molar refractivity (Wildman–Crippen MR) is 104 cm³/mol. The van der Waals surface area contributed by atoms with Crippen molar-refractivity contribution < 1.29 is 13.2 Å². The smallest absolute Gasteiger partial charge is 0.357 e. The van der Waals surface area contributed by atoms with Crippen LogP contribution in [-0.4, -0.2) is 54.1 Å². The van der Waals surface area contributed by atoms with Crippen LogP contribution < -0.4 is 10.6 Å². The molecule has 10 heteroatoms. The first kappa shape index (κ1) is 23.7. The molecule has 0 spiro atoms. The largest absolute Gasteiger partial charge is 0.433 e. The summed E-state index contributed by atoms with van der Waals surface area (Å²) in [6.07, 6.45) is -1.23. The second-order valence-corrected chi connectivity index (χ2v) is 5.20. The molecule has 1 rings (SSSR count). The van der Waals surface area contributed by atoms with Crippen molar-refractivity contribution >= 4 is 35.9 Å². The van der Waals surface area contributed by atoms with Crippen LogP contribution in [0, 0.1) is 0 Å². The van der Waals surface area contributed by atoms with Crippen LogP contribution in [0.3, 0.4) is 0 Å². The summed E-state index contributed by atoms with van der Waals surface area (Å²) in [6.45, 7) is 6.50. The number of guanidine groups is 1. The lowest BCUT2D eigenvalue weighted by molar-refractivity contribution is -0.141. The number of hydrogen-bond acceptors (Lipinski definition) is 4. The van der Waals surface area contributed by atoms with Gasteiger partial charge >= 0.3 is 6.18 Å². The van der Waals surface area contributed by atoms with Gasteiger partial charge in [0.25, 0.3) is 0 Å². The van der Waals surface area contributed by atoms with Crippen LogP contribution in [0.15, 0.2) is 17.3 Å². The molecule has 0 bridgehead atoms. The first-order valence-corrected chi connectivity index (χ1v) is 8.02. The minimum atomic E-state index is -4.47. The maximum Gasteiger partial charge on any atom is 0.433 e. The Labute approximate surface area is 163 Å². The van der Waals surface area contributed by atoms with Gasteiger partial charge in [0.05, 0.1) is 6.54 Å². The summed E-state index contributed by atoms with van der Waals surface area (Å²) >= 11 is 0. The molecule has 2 N–H and O–H groups in total. The highest BCUT2D eigenvalue weighted by molar-refractivity contribution is 14.0. The van der Waals surface area contributed by atoms with Gasteiger partial charge in [-0.2, -0.15) is 13.2 Å². The Morgan fingerprint density at radius 2 is 2.04 bits per heavy atom. The van der Waals surface area contributed by atoms with E-state index < -0.39 is 11.9 Å². The minimum Gasteiger partial charge on any atom is -0.357 e. The van der Waals surface area contributed by atoms with Gasteiger partial charge in [0.1, 0.15) is 5.69 Å². The van der Waals surface area contributed by atoms with Crippen molar-refractivity contribution in [3.8, 4) is 0 Å². The fraction of sp³-hybridized carbons (Fsp3) is 0.667. The van der Waals surface area contributed by atoms with Crippen molar-refractivity contribution in [3.05, 3.63) is 18.0 Å². The zero-order valence-electron chi connectivity index (χ0n) is 14.7. The topological polar surface area (TPSA) is 65.4 Å². The molecule has 0 radical (unpaired) electrons. The summed E-state index contributed by atoms with van der Waals surface area (Å²) in [6, 6.07) is 0.843. The van der Waals surface area contributed by atoms with E-state index in [1.165, 1.54) is 0 Å². The molecule has 25 heavy (non-hydrogen) atoms. The minimum absolute atomic E-state index is 0. The normalized spacial score (nSPS) is 11.7. The lowest BCUT2D eigenvalue weighted by atomic mass is 10.3. The van der Waals surface area contributed by atoms with Gasteiger partial charge in [0, 0.05) is 32.9 Å². The Morgan fingerprint density at radius 1 is 1.32 bits per heavy atom. The molecular weight excluding hydrogens is 448 g/mol. The average molecular weight is 474 g/mol. The number of aromatic nitrogens is 2. The van der Waals surface area contributed by atoms with Gasteiger partial charge in [0.2, 0.25) is 5.95 Å². The number of anilines is 1. The number of aliphatic imine (C=N–C) groups is 1. The Hall–Kier alpha value is -1.33. The van der Waals surface area contributed by atoms with E-state index in [-0.39, 0.29) is 29.9 Å². The van der Waals surface area contributed by atoms with Crippen LogP contribution in [0.2, 0.25) is 0 Å². The Bertz CT molecular complexity index is 524. The molecule has 0 fully saturated rings. The van der Waals surface area contributed by atoms with Gasteiger partial charge in [-0.15, -0.1) is 24.0 Å². The molecule has 0 aliphatic rings. The summed E-state index contributed by atoms with van der Waals surface area (Å²) < 4.78 is 37.8. The van der Waals surface area contributed by atoms with E-state index in [9.17, 15) is 13.2 Å². The number of unbranched alkanes of at least 4 members (excludes halogenated alkanes) is 1. The van der Waals surface area contributed by atoms with E-state index in [0.717, 1.165) is 44.2 Å². The second-order valence-electron chi connectivity index (χ2n) is 5.20. The highest BCUT2D eigenvalue weighted by atomic mass is 127. The summed E-state index contributed by atoms with van der Waals surface area (Å²) in [4.78, 5) is 13.7. The Morgan fingerprint density at radius 3 is 2.64 bits per heavy atom. The van der Waals surface area contributed by atoms with E-state index in [1.54, 1.807) is 0 Å². The lowest BCUT2D eigenvalue weighted by Gasteiger charge is -2.21. The van der Waals surface area contributed by atoms with E-state index in [4.69, 9.17) is 0 Å². The molecule has 6 nitrogen and oxygen atoms in total. The molecule has 0 unspecified atom stereocenters. The van der Waals surface area contributed by atoms with Crippen LogP contribution in [0.4, 0.5) is 19.1 Å². The Kier molecular flexibility index (Phi) is 11.4. The number of alkyl halides is 3. The van der Waals surface area contributed by atoms with E-state index in [1.807, 2.05) is 18.9 Å². The SMILES string of the molecule is CCCCN(C)C(=NCCNc1nccc(C(F)(F)F)n1)NCC.I. The average Bonchev–Trinajstić information content (AvgIpc) is 2.55. The first-order valence-electron chi connectivity index (χ1n) is 8.02. The summed E-state index contributed by atoms with van der Waals surface area (Å²) in [5.41, 5.74) is -0.962. The lowest BCUT2D eigenvalue weighted by Crippen LogP contribution is -2.39. The fourth-order valence-corrected chi connectivity index (χ4v) is 1.90. The van der Waals surface area contributed by atoms with Gasteiger partial charge in [-0.3, -0.25) is 4.99 Å². The number of nitrogens with one attached hydrogen (secondary N) is 2. The van der Waals surface area contributed by atoms with Gasteiger partial charge in [-0.1, -0.05) is 13.3 Å². The third-order valence-electron chi connectivity index (χ3n) is 3.15. The van der Waals surface area contributed by atoms with Gasteiger partial charge in [-0.05, 0) is 19.4 Å². The van der Waals surface area contributed by atoms with Gasteiger partial charge in [0.15, 0.2) is 5.96 Å². The van der Waals surface area contributed by atoms with Gasteiger partial charge < -0.3 is 15.5 Å². The van der Waals surface area contributed by atoms with Crippen LogP contribution in [0.25, 0.3) is 0 Å². The molecule has 0 atom stereocenters. The van der Waals surface area contributed by atoms with Crippen molar-refractivity contribution in [2.75, 3.05) is 38.5 Å². The molecule has 0 aliphatic heterocycles. The third-order valence-corrected chi connectivity index (χ3v) is 3.15. The van der Waals surface area contributed by atoms with Crippen molar-refractivity contribution in [1.29, 1.82) is 0 Å². The molecule has 0 amide bonds.